The van der Waals surface area contributed by atoms with Gasteiger partial charge in [-0.1, -0.05) is 12.2 Å². The van der Waals surface area contributed by atoms with Crippen molar-refractivity contribution in [1.29, 1.82) is 0 Å². The lowest BCUT2D eigenvalue weighted by molar-refractivity contribution is -0.272. The number of allylic oxidation sites excluding steroid dienone is 2. The Labute approximate surface area is 132 Å². The van der Waals surface area contributed by atoms with Gasteiger partial charge < -0.3 is 15.0 Å². The van der Waals surface area contributed by atoms with Crippen LogP contribution in [0, 0.1) is 5.92 Å². The van der Waals surface area contributed by atoms with Crippen molar-refractivity contribution < 1.29 is 23.1 Å². The number of amides is 1. The number of halogens is 3. The number of aromatic nitrogens is 2. The van der Waals surface area contributed by atoms with Crippen molar-refractivity contribution in [3.8, 4) is 0 Å². The minimum atomic E-state index is -4.88. The Morgan fingerprint density at radius 2 is 2.26 bits per heavy atom. The average Bonchev–Trinajstić information content (AvgIpc) is 3.08. The fraction of sp³-hybridized carbons (Fsp3) is 0.600. The lowest BCUT2D eigenvalue weighted by atomic mass is 9.97. The van der Waals surface area contributed by atoms with Crippen LogP contribution in [0.25, 0.3) is 0 Å². The Balaban J connectivity index is 1.95. The third-order valence-electron chi connectivity index (χ3n) is 4.03. The van der Waals surface area contributed by atoms with Crippen LogP contribution >= 0.6 is 0 Å². The maximum atomic E-state index is 13.3. The van der Waals surface area contributed by atoms with Gasteiger partial charge in [-0.2, -0.15) is 13.2 Å². The minimum Gasteiger partial charge on any atom is -0.374 e. The van der Waals surface area contributed by atoms with E-state index in [1.54, 1.807) is 0 Å². The van der Waals surface area contributed by atoms with Crippen molar-refractivity contribution in [3.05, 3.63) is 30.4 Å². The molecule has 128 valence electrons. The van der Waals surface area contributed by atoms with Crippen LogP contribution in [0.1, 0.15) is 31.5 Å². The van der Waals surface area contributed by atoms with Gasteiger partial charge in [0.05, 0.1) is 0 Å². The molecule has 0 fully saturated rings. The summed E-state index contributed by atoms with van der Waals surface area (Å²) in [5.74, 6) is -0.657. The molecule has 0 saturated heterocycles. The molecule has 0 saturated carbocycles. The van der Waals surface area contributed by atoms with Gasteiger partial charge in [0.2, 0.25) is 11.5 Å². The van der Waals surface area contributed by atoms with Crippen LogP contribution in [0.3, 0.4) is 0 Å². The van der Waals surface area contributed by atoms with Crippen LogP contribution in [-0.2, 0) is 17.4 Å². The van der Waals surface area contributed by atoms with E-state index in [1.165, 1.54) is 19.4 Å². The number of nitrogens with zero attached hydrogens (tertiary/aromatic N) is 2. The zero-order valence-corrected chi connectivity index (χ0v) is 12.8. The van der Waals surface area contributed by atoms with Crippen LogP contribution in [0.5, 0.6) is 0 Å². The summed E-state index contributed by atoms with van der Waals surface area (Å²) in [5, 5.41) is 12.6. The topological polar surface area (TPSA) is 67.2 Å². The number of hydrogen-bond donors (Lipinski definition) is 2. The third kappa shape index (κ3) is 3.93. The molecule has 23 heavy (non-hydrogen) atoms. The number of aryl methyl sites for hydroxylation is 1. The number of carbonyl (C=O) groups excluding carboxylic acids is 1. The van der Waals surface area contributed by atoms with E-state index in [4.69, 9.17) is 0 Å². The van der Waals surface area contributed by atoms with Crippen LogP contribution in [0.15, 0.2) is 24.5 Å². The molecule has 1 aromatic heterocycles. The first kappa shape index (κ1) is 17.5. The van der Waals surface area contributed by atoms with Crippen molar-refractivity contribution in [3.63, 3.8) is 0 Å². The monoisotopic (exact) mass is 331 g/mol. The van der Waals surface area contributed by atoms with Gasteiger partial charge in [-0.25, -0.2) is 4.98 Å². The van der Waals surface area contributed by atoms with Crippen LogP contribution in [-0.4, -0.2) is 33.3 Å². The van der Waals surface area contributed by atoms with E-state index >= 15 is 0 Å². The summed E-state index contributed by atoms with van der Waals surface area (Å²) in [7, 11) is 1.38. The quantitative estimate of drug-likeness (QED) is 0.784. The number of carbonyl (C=O) groups is 1. The van der Waals surface area contributed by atoms with Gasteiger partial charge in [0.1, 0.15) is 5.82 Å². The van der Waals surface area contributed by atoms with E-state index in [-0.39, 0.29) is 24.8 Å². The summed E-state index contributed by atoms with van der Waals surface area (Å²) < 4.78 is 40.9. The Morgan fingerprint density at radius 1 is 1.52 bits per heavy atom. The van der Waals surface area contributed by atoms with Gasteiger partial charge >= 0.3 is 6.18 Å². The number of nitrogens with one attached hydrogen (secondary N) is 1. The fourth-order valence-electron chi connectivity index (χ4n) is 2.70. The molecule has 5 nitrogen and oxygen atoms in total. The molecule has 0 bridgehead atoms. The smallest absolute Gasteiger partial charge is 0.374 e. The molecule has 0 radical (unpaired) electrons. The molecule has 1 aliphatic rings. The fourth-order valence-corrected chi connectivity index (χ4v) is 2.70. The summed E-state index contributed by atoms with van der Waals surface area (Å²) in [6, 6.07) is 0. The molecule has 2 rings (SSSR count). The Kier molecular flexibility index (Phi) is 5.13. The van der Waals surface area contributed by atoms with Crippen molar-refractivity contribution in [2.24, 2.45) is 13.0 Å². The molecule has 1 aliphatic carbocycles. The second-order valence-electron chi connectivity index (χ2n) is 5.79. The van der Waals surface area contributed by atoms with E-state index in [0.717, 1.165) is 17.4 Å². The van der Waals surface area contributed by atoms with Crippen molar-refractivity contribution in [2.45, 2.75) is 37.5 Å². The van der Waals surface area contributed by atoms with Crippen molar-refractivity contribution in [1.82, 2.24) is 14.9 Å². The summed E-state index contributed by atoms with van der Waals surface area (Å²) in [4.78, 5) is 15.4. The molecule has 0 spiro atoms. The maximum absolute atomic E-state index is 13.3. The number of alkyl halides is 3. The maximum Gasteiger partial charge on any atom is 0.424 e. The largest absolute Gasteiger partial charge is 0.424 e. The summed E-state index contributed by atoms with van der Waals surface area (Å²) >= 11 is 0. The highest BCUT2D eigenvalue weighted by molar-refractivity contribution is 5.76. The Hall–Kier alpha value is -1.83. The third-order valence-corrected chi connectivity index (χ3v) is 4.03. The Bertz CT molecular complexity index is 583. The van der Waals surface area contributed by atoms with E-state index in [0.29, 0.717) is 0 Å². The first-order chi connectivity index (χ1) is 10.7. The van der Waals surface area contributed by atoms with Gasteiger partial charge in [-0.3, -0.25) is 4.79 Å². The first-order valence-electron chi connectivity index (χ1n) is 7.44. The van der Waals surface area contributed by atoms with E-state index in [9.17, 15) is 23.1 Å². The van der Waals surface area contributed by atoms with E-state index in [2.05, 4.69) is 10.3 Å². The molecule has 8 heteroatoms. The number of hydrogen-bond acceptors (Lipinski definition) is 3. The normalized spacial score (nSPS) is 20.5. The highest BCUT2D eigenvalue weighted by atomic mass is 19.4. The molecule has 0 aromatic carbocycles. The zero-order valence-electron chi connectivity index (χ0n) is 12.8. The summed E-state index contributed by atoms with van der Waals surface area (Å²) in [6.45, 7) is -0.280. The highest BCUT2D eigenvalue weighted by Gasteiger charge is 2.57. The van der Waals surface area contributed by atoms with E-state index < -0.39 is 24.0 Å². The predicted octanol–water partition coefficient (Wildman–Crippen LogP) is 2.03. The predicted molar refractivity (Wildman–Crippen MR) is 77.3 cm³/mol. The van der Waals surface area contributed by atoms with Gasteiger partial charge in [0.15, 0.2) is 0 Å². The lowest BCUT2D eigenvalue weighted by Crippen LogP contribution is -2.46. The molecule has 1 amide bonds. The Morgan fingerprint density at radius 3 is 2.78 bits per heavy atom. The average molecular weight is 331 g/mol. The minimum absolute atomic E-state index is 0.144. The van der Waals surface area contributed by atoms with Crippen LogP contribution in [0.4, 0.5) is 13.2 Å². The van der Waals surface area contributed by atoms with Gasteiger partial charge in [0, 0.05) is 38.8 Å². The van der Waals surface area contributed by atoms with E-state index in [1.807, 2.05) is 12.2 Å². The van der Waals surface area contributed by atoms with Crippen LogP contribution < -0.4 is 5.32 Å². The molecule has 0 aliphatic heterocycles. The molecule has 2 unspecified atom stereocenters. The zero-order chi connectivity index (χ0) is 17.1. The second-order valence-corrected chi connectivity index (χ2v) is 5.79. The summed E-state index contributed by atoms with van der Waals surface area (Å²) in [6.07, 6.45) is 2.94. The number of aliphatic hydroxyl groups is 1. The second kappa shape index (κ2) is 6.74. The molecule has 1 aromatic rings. The SMILES string of the molecule is Cn1ccnc1C(O)(CCNC(=O)CC1C=CCC1)C(F)(F)F. The number of imidazole rings is 1. The molecule has 2 N–H and O–H groups in total. The van der Waals surface area contributed by atoms with Gasteiger partial charge in [-0.05, 0) is 18.8 Å². The lowest BCUT2D eigenvalue weighted by Gasteiger charge is -2.30. The van der Waals surface area contributed by atoms with Gasteiger partial charge in [-0.15, -0.1) is 0 Å². The molecular formula is C15H20F3N3O2. The molecule has 1 heterocycles. The number of rotatable bonds is 6. The van der Waals surface area contributed by atoms with Crippen molar-refractivity contribution >= 4 is 5.91 Å². The van der Waals surface area contributed by atoms with Crippen molar-refractivity contribution in [2.75, 3.05) is 6.54 Å². The molecular weight excluding hydrogens is 311 g/mol. The molecule has 2 atom stereocenters. The van der Waals surface area contributed by atoms with Crippen LogP contribution in [0.2, 0.25) is 0 Å². The van der Waals surface area contributed by atoms with Gasteiger partial charge in [0.25, 0.3) is 0 Å². The summed E-state index contributed by atoms with van der Waals surface area (Å²) in [5.41, 5.74) is -3.09. The standard InChI is InChI=1S/C15H20F3N3O2/c1-21-9-8-20-13(21)14(23,15(16,17)18)6-7-19-12(22)10-11-4-2-3-5-11/h2,4,8-9,11,23H,3,5-7,10H2,1H3,(H,19,22). The first-order valence-corrected chi connectivity index (χ1v) is 7.44. The highest BCUT2D eigenvalue weighted by Crippen LogP contribution is 2.40.